The molecule has 1 amide bonds. The van der Waals surface area contributed by atoms with Crippen molar-refractivity contribution in [3.63, 3.8) is 0 Å². The Labute approximate surface area is 276 Å². The minimum absolute atomic E-state index is 0.150. The summed E-state index contributed by atoms with van der Waals surface area (Å²) in [6.07, 6.45) is 1.44. The van der Waals surface area contributed by atoms with E-state index in [1.807, 2.05) is 31.2 Å². The van der Waals surface area contributed by atoms with Crippen molar-refractivity contribution in [2.45, 2.75) is 6.92 Å². The van der Waals surface area contributed by atoms with E-state index in [-0.39, 0.29) is 34.9 Å². The molecule has 0 aliphatic carbocycles. The molecule has 0 atom stereocenters. The number of aromatic nitrogens is 2. The third-order valence-electron chi connectivity index (χ3n) is 7.09. The fourth-order valence-corrected chi connectivity index (χ4v) is 5.44. The van der Waals surface area contributed by atoms with Crippen LogP contribution in [0.1, 0.15) is 11.1 Å². The van der Waals surface area contributed by atoms with E-state index in [0.29, 0.717) is 43.7 Å². The minimum atomic E-state index is -0.405. The first-order chi connectivity index (χ1) is 22.3. The molecular weight excluding hydrogens is 676 g/mol. The highest BCUT2D eigenvalue weighted by molar-refractivity contribution is 9.10. The zero-order valence-electron chi connectivity index (χ0n) is 24.8. The summed E-state index contributed by atoms with van der Waals surface area (Å²) in [6, 6.07) is 23.2. The molecule has 46 heavy (non-hydrogen) atoms. The molecule has 6 rings (SSSR count). The fourth-order valence-electron chi connectivity index (χ4n) is 4.79. The number of amides is 1. The van der Waals surface area contributed by atoms with E-state index in [1.54, 1.807) is 61.7 Å². The van der Waals surface area contributed by atoms with Crippen LogP contribution in [0.25, 0.3) is 33.5 Å². The van der Waals surface area contributed by atoms with Crippen molar-refractivity contribution >= 4 is 67.2 Å². The number of fused-ring (bicyclic) bond motifs is 2. The number of nitrogens with one attached hydrogen (secondary N) is 1. The summed E-state index contributed by atoms with van der Waals surface area (Å²) in [5.41, 5.74) is 2.83. The Morgan fingerprint density at radius 3 is 2.54 bits per heavy atom. The summed E-state index contributed by atoms with van der Waals surface area (Å²) in [4.78, 5) is 31.0. The molecule has 6 aromatic rings. The van der Waals surface area contributed by atoms with E-state index in [4.69, 9.17) is 35.2 Å². The van der Waals surface area contributed by atoms with Crippen LogP contribution in [0.5, 0.6) is 17.2 Å². The molecule has 1 N–H and O–H groups in total. The molecule has 0 radical (unpaired) electrons. The molecule has 0 fully saturated rings. The first-order valence-corrected chi connectivity index (χ1v) is 15.1. The van der Waals surface area contributed by atoms with Crippen molar-refractivity contribution < 1.29 is 23.4 Å². The predicted octanol–water partition coefficient (Wildman–Crippen LogP) is 7.45. The minimum Gasteiger partial charge on any atom is -0.496 e. The van der Waals surface area contributed by atoms with Gasteiger partial charge in [-0.05, 0) is 71.4 Å². The SMILES string of the molecule is COc1cc(C=Nn2c(-c3cc4c(OC)cccc4o3)nc3ccccc3c2=O)c(Br)c(Cl)c1OCC(=O)Nc1ccc(C)cc1. The summed E-state index contributed by atoms with van der Waals surface area (Å²) in [7, 11) is 3.02. The molecule has 0 aliphatic heterocycles. The third-order valence-corrected chi connectivity index (χ3v) is 8.53. The molecule has 10 nitrogen and oxygen atoms in total. The zero-order valence-corrected chi connectivity index (χ0v) is 27.2. The maximum absolute atomic E-state index is 13.7. The first-order valence-electron chi connectivity index (χ1n) is 14.0. The van der Waals surface area contributed by atoms with Gasteiger partial charge in [-0.1, -0.05) is 47.5 Å². The van der Waals surface area contributed by atoms with Crippen LogP contribution in [0.2, 0.25) is 5.02 Å². The molecule has 0 spiro atoms. The van der Waals surface area contributed by atoms with Crippen LogP contribution in [-0.4, -0.2) is 42.6 Å². The number of benzene rings is 4. The summed E-state index contributed by atoms with van der Waals surface area (Å²) in [6.45, 7) is 1.65. The number of furan rings is 1. The molecule has 0 saturated heterocycles. The molecule has 2 aromatic heterocycles. The van der Waals surface area contributed by atoms with Gasteiger partial charge in [0.1, 0.15) is 16.4 Å². The van der Waals surface area contributed by atoms with Crippen molar-refractivity contribution in [2.24, 2.45) is 5.10 Å². The van der Waals surface area contributed by atoms with Crippen LogP contribution in [0.4, 0.5) is 5.69 Å². The average molecular weight is 702 g/mol. The molecule has 12 heteroatoms. The Hall–Kier alpha value is -5.13. The number of para-hydroxylation sites is 1. The van der Waals surface area contributed by atoms with Gasteiger partial charge in [0.2, 0.25) is 5.82 Å². The number of halogens is 2. The smallest absolute Gasteiger partial charge is 0.282 e. The number of hydrogen-bond donors (Lipinski definition) is 1. The van der Waals surface area contributed by atoms with Crippen molar-refractivity contribution in [3.05, 3.63) is 110 Å². The molecule has 0 aliphatic rings. The lowest BCUT2D eigenvalue weighted by Gasteiger charge is -2.15. The number of nitrogens with zero attached hydrogens (tertiary/aromatic N) is 3. The molecule has 0 unspecified atom stereocenters. The highest BCUT2D eigenvalue weighted by Gasteiger charge is 2.20. The molecule has 4 aromatic carbocycles. The van der Waals surface area contributed by atoms with Gasteiger partial charge in [0.15, 0.2) is 23.9 Å². The van der Waals surface area contributed by atoms with E-state index in [0.717, 1.165) is 10.9 Å². The van der Waals surface area contributed by atoms with Gasteiger partial charge < -0.3 is 23.9 Å². The standard InChI is InChI=1S/C34H26BrClN4O6/c1-19-11-13-21(14-12-19)38-29(41)18-45-32-27(44-3)15-20(30(35)31(32)36)17-37-40-33(39-24-8-5-4-7-22(24)34(40)42)28-16-23-25(43-2)9-6-10-26(23)46-28/h4-17H,18H2,1-3H3,(H,38,41). The van der Waals surface area contributed by atoms with Gasteiger partial charge in [0.05, 0.1) is 36.7 Å². The predicted molar refractivity (Wildman–Crippen MR) is 182 cm³/mol. The van der Waals surface area contributed by atoms with Crippen molar-refractivity contribution in [1.29, 1.82) is 0 Å². The number of aryl methyl sites for hydroxylation is 1. The van der Waals surface area contributed by atoms with E-state index in [1.165, 1.54) is 18.0 Å². The number of ether oxygens (including phenoxy) is 3. The van der Waals surface area contributed by atoms with Crippen LogP contribution < -0.4 is 25.1 Å². The third kappa shape index (κ3) is 6.07. The zero-order chi connectivity index (χ0) is 32.4. The van der Waals surface area contributed by atoms with E-state index in [2.05, 4.69) is 26.3 Å². The van der Waals surface area contributed by atoms with Gasteiger partial charge in [0, 0.05) is 15.7 Å². The molecule has 2 heterocycles. The quantitative estimate of drug-likeness (QED) is 0.156. The van der Waals surface area contributed by atoms with Crippen LogP contribution in [-0.2, 0) is 4.79 Å². The number of methoxy groups -OCH3 is 2. The Morgan fingerprint density at radius 2 is 1.78 bits per heavy atom. The Bertz CT molecular complexity index is 2190. The second kappa shape index (κ2) is 13.1. The summed E-state index contributed by atoms with van der Waals surface area (Å²) < 4.78 is 24.5. The topological polar surface area (TPSA) is 117 Å². The number of anilines is 1. The number of carbonyl (C=O) groups is 1. The Morgan fingerprint density at radius 1 is 1.02 bits per heavy atom. The molecule has 232 valence electrons. The van der Waals surface area contributed by atoms with E-state index in [9.17, 15) is 9.59 Å². The summed E-state index contributed by atoms with van der Waals surface area (Å²) in [5, 5.41) is 8.55. The second-order valence-corrected chi connectivity index (χ2v) is 11.3. The maximum Gasteiger partial charge on any atom is 0.282 e. The average Bonchev–Trinajstić information content (AvgIpc) is 3.51. The number of carbonyl (C=O) groups excluding carboxylic acids is 1. The number of rotatable bonds is 9. The normalized spacial score (nSPS) is 11.3. The molecule has 0 bridgehead atoms. The van der Waals surface area contributed by atoms with Gasteiger partial charge in [-0.15, -0.1) is 0 Å². The van der Waals surface area contributed by atoms with Gasteiger partial charge >= 0.3 is 0 Å². The van der Waals surface area contributed by atoms with Gasteiger partial charge in [-0.3, -0.25) is 9.59 Å². The van der Waals surface area contributed by atoms with E-state index < -0.39 is 5.56 Å². The van der Waals surface area contributed by atoms with Crippen molar-refractivity contribution in [1.82, 2.24) is 9.66 Å². The number of hydrogen-bond acceptors (Lipinski definition) is 8. The molecular formula is C34H26BrClN4O6. The first kappa shape index (κ1) is 30.9. The Balaban J connectivity index is 1.35. The van der Waals surface area contributed by atoms with Gasteiger partial charge in [-0.2, -0.15) is 9.78 Å². The van der Waals surface area contributed by atoms with Gasteiger partial charge in [-0.25, -0.2) is 4.98 Å². The lowest BCUT2D eigenvalue weighted by Crippen LogP contribution is -2.20. The summed E-state index contributed by atoms with van der Waals surface area (Å²) >= 11 is 10.2. The van der Waals surface area contributed by atoms with Crippen LogP contribution in [0.15, 0.2) is 97.6 Å². The van der Waals surface area contributed by atoms with Crippen LogP contribution >= 0.6 is 27.5 Å². The maximum atomic E-state index is 13.7. The van der Waals surface area contributed by atoms with Crippen LogP contribution in [0.3, 0.4) is 0 Å². The lowest BCUT2D eigenvalue weighted by atomic mass is 10.2. The van der Waals surface area contributed by atoms with Gasteiger partial charge in [0.25, 0.3) is 11.5 Å². The van der Waals surface area contributed by atoms with Crippen molar-refractivity contribution in [3.8, 4) is 28.8 Å². The summed E-state index contributed by atoms with van der Waals surface area (Å²) in [5.74, 6) is 1.17. The Kier molecular flexibility index (Phi) is 8.78. The monoisotopic (exact) mass is 700 g/mol. The second-order valence-electron chi connectivity index (χ2n) is 10.1. The lowest BCUT2D eigenvalue weighted by molar-refractivity contribution is -0.118. The fraction of sp³-hybridized carbons (Fsp3) is 0.118. The highest BCUT2D eigenvalue weighted by Crippen LogP contribution is 2.42. The highest BCUT2D eigenvalue weighted by atomic mass is 79.9. The van der Waals surface area contributed by atoms with E-state index >= 15 is 0 Å². The van der Waals surface area contributed by atoms with Crippen LogP contribution in [0, 0.1) is 6.92 Å². The largest absolute Gasteiger partial charge is 0.496 e. The van der Waals surface area contributed by atoms with Crippen molar-refractivity contribution in [2.75, 3.05) is 26.1 Å². The molecule has 0 saturated carbocycles.